The largest absolute Gasteiger partial charge is 0.450 e. The molecule has 3 nitrogen and oxygen atoms in total. The Bertz CT molecular complexity index is 160. The predicted molar refractivity (Wildman–Crippen MR) is 63.0 cm³/mol. The van der Waals surface area contributed by atoms with Crippen LogP contribution >= 0.6 is 0 Å². The molecule has 0 spiro atoms. The number of nitrogens with one attached hydrogen (secondary N) is 1. The van der Waals surface area contributed by atoms with E-state index < -0.39 is 0 Å². The van der Waals surface area contributed by atoms with E-state index in [0.29, 0.717) is 6.61 Å². The van der Waals surface area contributed by atoms with Gasteiger partial charge in [0.05, 0.1) is 6.61 Å². The predicted octanol–water partition coefficient (Wildman–Crippen LogP) is 3.48. The van der Waals surface area contributed by atoms with Gasteiger partial charge in [0.15, 0.2) is 0 Å². The fourth-order valence-electron chi connectivity index (χ4n) is 1.54. The van der Waals surface area contributed by atoms with Crippen molar-refractivity contribution in [2.45, 2.75) is 65.3 Å². The quantitative estimate of drug-likeness (QED) is 0.629. The topological polar surface area (TPSA) is 38.3 Å². The minimum atomic E-state index is -0.278. The summed E-state index contributed by atoms with van der Waals surface area (Å²) in [7, 11) is 0. The molecule has 1 N–H and O–H groups in total. The lowest BCUT2D eigenvalue weighted by molar-refractivity contribution is 0.147. The Labute approximate surface area is 93.6 Å². The van der Waals surface area contributed by atoms with Gasteiger partial charge in [-0.3, -0.25) is 0 Å². The third-order valence-corrected chi connectivity index (χ3v) is 2.50. The second-order valence-corrected chi connectivity index (χ2v) is 3.82. The normalized spacial score (nSPS) is 12.2. The van der Waals surface area contributed by atoms with E-state index in [4.69, 9.17) is 4.74 Å². The summed E-state index contributed by atoms with van der Waals surface area (Å²) in [4.78, 5) is 11.2. The lowest BCUT2D eigenvalue weighted by Crippen LogP contribution is -2.34. The molecule has 0 aliphatic carbocycles. The van der Waals surface area contributed by atoms with Crippen LogP contribution in [0.15, 0.2) is 0 Å². The van der Waals surface area contributed by atoms with Crippen molar-refractivity contribution in [3.63, 3.8) is 0 Å². The molecule has 0 heterocycles. The van der Waals surface area contributed by atoms with Gasteiger partial charge in [-0.2, -0.15) is 0 Å². The number of rotatable bonds is 8. The molecule has 0 aromatic carbocycles. The highest BCUT2D eigenvalue weighted by Gasteiger charge is 2.09. The maximum absolute atomic E-state index is 11.2. The molecule has 0 saturated heterocycles. The Morgan fingerprint density at radius 3 is 2.47 bits per heavy atom. The molecule has 3 heteroatoms. The highest BCUT2D eigenvalue weighted by atomic mass is 16.5. The first-order valence-corrected chi connectivity index (χ1v) is 6.17. The van der Waals surface area contributed by atoms with E-state index in [1.165, 1.54) is 25.7 Å². The second-order valence-electron chi connectivity index (χ2n) is 3.82. The number of amides is 1. The van der Waals surface area contributed by atoms with Gasteiger partial charge in [-0.25, -0.2) is 4.79 Å². The third kappa shape index (κ3) is 8.28. The van der Waals surface area contributed by atoms with Crippen LogP contribution in [-0.2, 0) is 4.74 Å². The zero-order valence-corrected chi connectivity index (χ0v) is 10.3. The number of alkyl carbamates (subject to hydrolysis) is 1. The molecule has 1 unspecified atom stereocenters. The molecule has 15 heavy (non-hydrogen) atoms. The maximum Gasteiger partial charge on any atom is 0.407 e. The van der Waals surface area contributed by atoms with Crippen molar-refractivity contribution in [3.8, 4) is 0 Å². The number of unbranched alkanes of at least 4 members (excludes halogenated alkanes) is 3. The average molecular weight is 215 g/mol. The Balaban J connectivity index is 3.58. The molecule has 0 rings (SSSR count). The number of hydrogen-bond donors (Lipinski definition) is 1. The van der Waals surface area contributed by atoms with Gasteiger partial charge in [0.1, 0.15) is 0 Å². The van der Waals surface area contributed by atoms with Crippen LogP contribution in [0.1, 0.15) is 59.3 Å². The van der Waals surface area contributed by atoms with Crippen LogP contribution in [0.2, 0.25) is 0 Å². The number of carbonyl (C=O) groups is 1. The van der Waals surface area contributed by atoms with Crippen LogP contribution in [0.3, 0.4) is 0 Å². The first-order valence-electron chi connectivity index (χ1n) is 6.17. The first kappa shape index (κ1) is 14.3. The highest BCUT2D eigenvalue weighted by Crippen LogP contribution is 2.07. The third-order valence-electron chi connectivity index (χ3n) is 2.50. The van der Waals surface area contributed by atoms with E-state index in [0.717, 1.165) is 12.8 Å². The van der Waals surface area contributed by atoms with Gasteiger partial charge in [-0.05, 0) is 19.8 Å². The van der Waals surface area contributed by atoms with Crippen LogP contribution in [-0.4, -0.2) is 18.7 Å². The lowest BCUT2D eigenvalue weighted by atomic mass is 10.1. The molecule has 0 radical (unpaired) electrons. The SMILES string of the molecule is CCCCCCC(CC)NC(=O)OCC. The van der Waals surface area contributed by atoms with Crippen LogP contribution < -0.4 is 5.32 Å². The zero-order chi connectivity index (χ0) is 11.5. The molecule has 0 aliphatic rings. The number of hydrogen-bond acceptors (Lipinski definition) is 2. The fourth-order valence-corrected chi connectivity index (χ4v) is 1.54. The van der Waals surface area contributed by atoms with E-state index >= 15 is 0 Å². The molecule has 0 fully saturated rings. The van der Waals surface area contributed by atoms with Crippen LogP contribution in [0.25, 0.3) is 0 Å². The van der Waals surface area contributed by atoms with Crippen molar-refractivity contribution < 1.29 is 9.53 Å². The summed E-state index contributed by atoms with van der Waals surface area (Å²) in [6, 6.07) is 0.279. The van der Waals surface area contributed by atoms with Gasteiger partial charge in [-0.15, -0.1) is 0 Å². The van der Waals surface area contributed by atoms with Gasteiger partial charge in [0, 0.05) is 6.04 Å². The molecular weight excluding hydrogens is 190 g/mol. The van der Waals surface area contributed by atoms with E-state index in [2.05, 4.69) is 19.2 Å². The second kappa shape index (κ2) is 9.81. The van der Waals surface area contributed by atoms with Gasteiger partial charge >= 0.3 is 6.09 Å². The molecule has 0 saturated carbocycles. The molecule has 0 bridgehead atoms. The van der Waals surface area contributed by atoms with Gasteiger partial charge in [0.25, 0.3) is 0 Å². The minimum Gasteiger partial charge on any atom is -0.450 e. The van der Waals surface area contributed by atoms with Crippen molar-refractivity contribution >= 4 is 6.09 Å². The molecule has 0 aromatic heterocycles. The van der Waals surface area contributed by atoms with E-state index in [1.54, 1.807) is 0 Å². The molecular formula is C12H25NO2. The molecule has 0 aromatic rings. The van der Waals surface area contributed by atoms with Crippen LogP contribution in [0, 0.1) is 0 Å². The van der Waals surface area contributed by atoms with E-state index in [9.17, 15) is 4.79 Å². The Morgan fingerprint density at radius 2 is 1.93 bits per heavy atom. The summed E-state index contributed by atoms with van der Waals surface area (Å²) >= 11 is 0. The summed E-state index contributed by atoms with van der Waals surface area (Å²) in [5.41, 5.74) is 0. The molecule has 0 aliphatic heterocycles. The monoisotopic (exact) mass is 215 g/mol. The summed E-state index contributed by atoms with van der Waals surface area (Å²) in [5, 5.41) is 2.88. The molecule has 1 atom stereocenters. The highest BCUT2D eigenvalue weighted by molar-refractivity contribution is 5.67. The van der Waals surface area contributed by atoms with Crippen molar-refractivity contribution in [1.82, 2.24) is 5.32 Å². The smallest absolute Gasteiger partial charge is 0.407 e. The summed E-state index contributed by atoms with van der Waals surface area (Å²) < 4.78 is 4.85. The Morgan fingerprint density at radius 1 is 1.20 bits per heavy atom. The van der Waals surface area contributed by atoms with Gasteiger partial charge < -0.3 is 10.1 Å². The van der Waals surface area contributed by atoms with Crippen molar-refractivity contribution in [3.05, 3.63) is 0 Å². The summed E-state index contributed by atoms with van der Waals surface area (Å²) in [6.07, 6.45) is 6.76. The average Bonchev–Trinajstić information content (AvgIpc) is 2.23. The molecule has 90 valence electrons. The van der Waals surface area contributed by atoms with Crippen LogP contribution in [0.4, 0.5) is 4.79 Å². The van der Waals surface area contributed by atoms with Gasteiger partial charge in [0.2, 0.25) is 0 Å². The fraction of sp³-hybridized carbons (Fsp3) is 0.917. The lowest BCUT2D eigenvalue weighted by Gasteiger charge is -2.16. The van der Waals surface area contributed by atoms with E-state index in [-0.39, 0.29) is 12.1 Å². The molecule has 1 amide bonds. The Kier molecular flexibility index (Phi) is 9.33. The Hall–Kier alpha value is -0.730. The number of ether oxygens (including phenoxy) is 1. The van der Waals surface area contributed by atoms with E-state index in [1.807, 2.05) is 6.92 Å². The van der Waals surface area contributed by atoms with Gasteiger partial charge in [-0.1, -0.05) is 39.5 Å². The van der Waals surface area contributed by atoms with Crippen molar-refractivity contribution in [1.29, 1.82) is 0 Å². The zero-order valence-electron chi connectivity index (χ0n) is 10.3. The number of carbonyl (C=O) groups excluding carboxylic acids is 1. The van der Waals surface area contributed by atoms with Crippen molar-refractivity contribution in [2.24, 2.45) is 0 Å². The minimum absolute atomic E-state index is 0.278. The summed E-state index contributed by atoms with van der Waals surface area (Å²) in [6.45, 7) is 6.56. The first-order chi connectivity index (χ1) is 7.24. The van der Waals surface area contributed by atoms with Crippen molar-refractivity contribution in [2.75, 3.05) is 6.61 Å². The summed E-state index contributed by atoms with van der Waals surface area (Å²) in [5.74, 6) is 0. The maximum atomic E-state index is 11.2. The van der Waals surface area contributed by atoms with Crippen LogP contribution in [0.5, 0.6) is 0 Å². The standard InChI is InChI=1S/C12H25NO2/c1-4-7-8-9-10-11(5-2)13-12(14)15-6-3/h11H,4-10H2,1-3H3,(H,13,14).